The molecule has 5 nitrogen and oxygen atoms in total. The Bertz CT molecular complexity index is 948. The van der Waals surface area contributed by atoms with Crippen molar-refractivity contribution >= 4 is 33.2 Å². The van der Waals surface area contributed by atoms with Crippen LogP contribution in [0.25, 0.3) is 0 Å². The molecule has 1 atom stereocenters. The van der Waals surface area contributed by atoms with Crippen LogP contribution in [0.2, 0.25) is 5.02 Å². The molecule has 0 spiro atoms. The third-order valence-corrected chi connectivity index (χ3v) is 7.03. The van der Waals surface area contributed by atoms with Gasteiger partial charge in [0.1, 0.15) is 6.04 Å². The first-order valence-corrected chi connectivity index (χ1v) is 10.7. The van der Waals surface area contributed by atoms with Crippen molar-refractivity contribution in [2.75, 3.05) is 11.9 Å². The van der Waals surface area contributed by atoms with E-state index in [0.29, 0.717) is 24.4 Å². The maximum absolute atomic E-state index is 13.0. The number of hydrogen-bond donors (Lipinski definition) is 1. The molecule has 7 heteroatoms. The highest BCUT2D eigenvalue weighted by atomic mass is 35.5. The molecule has 2 aromatic carbocycles. The maximum Gasteiger partial charge on any atom is 0.243 e. The van der Waals surface area contributed by atoms with Crippen molar-refractivity contribution in [3.63, 3.8) is 0 Å². The first kappa shape index (κ1) is 19.9. The van der Waals surface area contributed by atoms with Crippen LogP contribution in [-0.2, 0) is 14.8 Å². The van der Waals surface area contributed by atoms with Crippen molar-refractivity contribution in [2.45, 2.75) is 44.6 Å². The average Bonchev–Trinajstić information content (AvgIpc) is 3.09. The van der Waals surface area contributed by atoms with Gasteiger partial charge in [-0.25, -0.2) is 8.42 Å². The largest absolute Gasteiger partial charge is 0.324 e. The fourth-order valence-corrected chi connectivity index (χ4v) is 5.40. The van der Waals surface area contributed by atoms with Crippen molar-refractivity contribution in [3.05, 3.63) is 58.1 Å². The average molecular weight is 407 g/mol. The fraction of sp³-hybridized carbons (Fsp3) is 0.350. The Hall–Kier alpha value is -1.89. The number of anilines is 1. The van der Waals surface area contributed by atoms with Gasteiger partial charge in [0.25, 0.3) is 0 Å². The van der Waals surface area contributed by atoms with Crippen LogP contribution >= 0.6 is 11.6 Å². The lowest BCUT2D eigenvalue weighted by Crippen LogP contribution is -2.43. The van der Waals surface area contributed by atoms with Crippen LogP contribution in [0.3, 0.4) is 0 Å². The van der Waals surface area contributed by atoms with Crippen molar-refractivity contribution in [1.82, 2.24) is 4.31 Å². The zero-order valence-corrected chi connectivity index (χ0v) is 17.2. The Morgan fingerprint density at radius 1 is 1.11 bits per heavy atom. The molecule has 1 saturated heterocycles. The number of rotatable bonds is 4. The number of hydrogen-bond acceptors (Lipinski definition) is 3. The molecule has 2 aromatic rings. The Morgan fingerprint density at radius 2 is 1.70 bits per heavy atom. The second-order valence-corrected chi connectivity index (χ2v) is 9.32. The predicted molar refractivity (Wildman–Crippen MR) is 108 cm³/mol. The fourth-order valence-electron chi connectivity index (χ4n) is 3.62. The summed E-state index contributed by atoms with van der Waals surface area (Å²) >= 11 is 5.86. The highest BCUT2D eigenvalue weighted by Gasteiger charge is 2.39. The molecular weight excluding hydrogens is 384 g/mol. The van der Waals surface area contributed by atoms with Crippen molar-refractivity contribution in [3.8, 4) is 0 Å². The third kappa shape index (κ3) is 4.03. The van der Waals surface area contributed by atoms with Crippen LogP contribution in [-0.4, -0.2) is 31.2 Å². The van der Waals surface area contributed by atoms with Gasteiger partial charge in [0, 0.05) is 17.3 Å². The lowest BCUT2D eigenvalue weighted by atomic mass is 10.0. The molecule has 1 fully saturated rings. The van der Waals surface area contributed by atoms with E-state index in [-0.39, 0.29) is 10.8 Å². The number of sulfonamides is 1. The maximum atomic E-state index is 13.0. The van der Waals surface area contributed by atoms with Gasteiger partial charge in [-0.1, -0.05) is 29.3 Å². The summed E-state index contributed by atoms with van der Waals surface area (Å²) in [6.07, 6.45) is 1.15. The second kappa shape index (κ2) is 7.62. The van der Waals surface area contributed by atoms with Crippen LogP contribution in [0.4, 0.5) is 5.69 Å². The van der Waals surface area contributed by atoms with E-state index in [1.54, 1.807) is 12.1 Å². The van der Waals surface area contributed by atoms with Gasteiger partial charge in [-0.15, -0.1) is 0 Å². The molecule has 0 aromatic heterocycles. The minimum Gasteiger partial charge on any atom is -0.324 e. The highest BCUT2D eigenvalue weighted by molar-refractivity contribution is 7.89. The monoisotopic (exact) mass is 406 g/mol. The minimum absolute atomic E-state index is 0.147. The van der Waals surface area contributed by atoms with Crippen molar-refractivity contribution < 1.29 is 13.2 Å². The van der Waals surface area contributed by atoms with E-state index < -0.39 is 16.1 Å². The Balaban J connectivity index is 1.86. The molecule has 1 aliphatic rings. The van der Waals surface area contributed by atoms with E-state index in [1.165, 1.54) is 16.4 Å². The first-order valence-electron chi connectivity index (χ1n) is 8.86. The van der Waals surface area contributed by atoms with Gasteiger partial charge in [-0.3, -0.25) is 4.79 Å². The molecule has 1 unspecified atom stereocenters. The zero-order chi connectivity index (χ0) is 19.8. The standard InChI is InChI=1S/C20H23ClN2O3S/c1-13-11-14(2)19(15(3)12-13)22-20(24)18-5-4-10-23(18)27(25,26)17-8-6-16(21)7-9-17/h6-9,11-12,18H,4-5,10H2,1-3H3,(H,22,24). The molecule has 144 valence electrons. The van der Waals surface area contributed by atoms with Gasteiger partial charge in [0.05, 0.1) is 4.90 Å². The number of nitrogens with one attached hydrogen (secondary N) is 1. The summed E-state index contributed by atoms with van der Waals surface area (Å²) in [6.45, 7) is 6.21. The van der Waals surface area contributed by atoms with Gasteiger partial charge in [-0.05, 0) is 69.0 Å². The lowest BCUT2D eigenvalue weighted by molar-refractivity contribution is -0.119. The van der Waals surface area contributed by atoms with Crippen LogP contribution in [0.15, 0.2) is 41.3 Å². The van der Waals surface area contributed by atoms with Gasteiger partial charge in [0.15, 0.2) is 0 Å². The van der Waals surface area contributed by atoms with E-state index in [9.17, 15) is 13.2 Å². The first-order chi connectivity index (χ1) is 12.7. The molecule has 1 N–H and O–H groups in total. The number of carbonyl (C=O) groups is 1. The number of halogens is 1. The van der Waals surface area contributed by atoms with Crippen molar-refractivity contribution in [2.24, 2.45) is 0 Å². The number of carbonyl (C=O) groups excluding carboxylic acids is 1. The predicted octanol–water partition coefficient (Wildman–Crippen LogP) is 4.06. The summed E-state index contributed by atoms with van der Waals surface area (Å²) in [5.74, 6) is -0.292. The lowest BCUT2D eigenvalue weighted by Gasteiger charge is -2.24. The number of nitrogens with zero attached hydrogens (tertiary/aromatic N) is 1. The van der Waals surface area contributed by atoms with Gasteiger partial charge < -0.3 is 5.32 Å². The molecule has 0 aliphatic carbocycles. The summed E-state index contributed by atoms with van der Waals surface area (Å²) < 4.78 is 27.3. The Morgan fingerprint density at radius 3 is 2.30 bits per heavy atom. The highest BCUT2D eigenvalue weighted by Crippen LogP contribution is 2.29. The number of benzene rings is 2. The third-order valence-electron chi connectivity index (χ3n) is 4.85. The SMILES string of the molecule is Cc1cc(C)c(NC(=O)C2CCCN2S(=O)(=O)c2ccc(Cl)cc2)c(C)c1. The Labute approximate surface area is 165 Å². The molecule has 27 heavy (non-hydrogen) atoms. The van der Waals surface area contributed by atoms with E-state index in [1.807, 2.05) is 32.9 Å². The molecule has 0 radical (unpaired) electrons. The summed E-state index contributed by atoms with van der Waals surface area (Å²) in [4.78, 5) is 13.1. The quantitative estimate of drug-likeness (QED) is 0.832. The van der Waals surface area contributed by atoms with Gasteiger partial charge in [0.2, 0.25) is 15.9 Å². The smallest absolute Gasteiger partial charge is 0.243 e. The van der Waals surface area contributed by atoms with Crippen LogP contribution < -0.4 is 5.32 Å². The normalized spacial score (nSPS) is 17.9. The minimum atomic E-state index is -3.76. The second-order valence-electron chi connectivity index (χ2n) is 6.99. The Kier molecular flexibility index (Phi) is 5.60. The van der Waals surface area contributed by atoms with Gasteiger partial charge >= 0.3 is 0 Å². The van der Waals surface area contributed by atoms with E-state index in [2.05, 4.69) is 5.32 Å². The van der Waals surface area contributed by atoms with E-state index >= 15 is 0 Å². The van der Waals surface area contributed by atoms with E-state index in [4.69, 9.17) is 11.6 Å². The van der Waals surface area contributed by atoms with E-state index in [0.717, 1.165) is 22.4 Å². The molecule has 1 amide bonds. The topological polar surface area (TPSA) is 66.5 Å². The summed E-state index contributed by atoms with van der Waals surface area (Å²) in [5.41, 5.74) is 3.80. The molecule has 3 rings (SSSR count). The molecule has 0 saturated carbocycles. The van der Waals surface area contributed by atoms with Crippen LogP contribution in [0.5, 0.6) is 0 Å². The number of aryl methyl sites for hydroxylation is 3. The molecule has 1 aliphatic heterocycles. The van der Waals surface area contributed by atoms with Crippen LogP contribution in [0, 0.1) is 20.8 Å². The van der Waals surface area contributed by atoms with Gasteiger partial charge in [-0.2, -0.15) is 4.31 Å². The molecular formula is C20H23ClN2O3S. The molecule has 1 heterocycles. The summed E-state index contributed by atoms with van der Waals surface area (Å²) in [7, 11) is -3.76. The van der Waals surface area contributed by atoms with Crippen LogP contribution in [0.1, 0.15) is 29.5 Å². The summed E-state index contributed by atoms with van der Waals surface area (Å²) in [6, 6.07) is 9.31. The summed E-state index contributed by atoms with van der Waals surface area (Å²) in [5, 5.41) is 3.41. The number of amides is 1. The van der Waals surface area contributed by atoms with Crippen molar-refractivity contribution in [1.29, 1.82) is 0 Å². The molecule has 0 bridgehead atoms. The zero-order valence-electron chi connectivity index (χ0n) is 15.6.